The first-order valence-corrected chi connectivity index (χ1v) is 10.2. The summed E-state index contributed by atoms with van der Waals surface area (Å²) in [6, 6.07) is 7.08. The van der Waals surface area contributed by atoms with E-state index in [1.165, 1.54) is 11.3 Å². The average Bonchev–Trinajstić information content (AvgIpc) is 2.98. The van der Waals surface area contributed by atoms with E-state index in [9.17, 15) is 14.4 Å². The number of carboxylic acid groups (broad SMARTS) is 1. The molecule has 2 aromatic rings. The fourth-order valence-corrected chi connectivity index (χ4v) is 3.91. The first kappa shape index (κ1) is 22.7. The van der Waals surface area contributed by atoms with Gasteiger partial charge in [0.05, 0.1) is 9.35 Å². The summed E-state index contributed by atoms with van der Waals surface area (Å²) in [5.41, 5.74) is 0.807. The summed E-state index contributed by atoms with van der Waals surface area (Å²) in [5.74, 6) is -0.978. The number of nitrogens with one attached hydrogen (secondary N) is 2. The highest BCUT2D eigenvalue weighted by Crippen LogP contribution is 2.41. The highest BCUT2D eigenvalue weighted by molar-refractivity contribution is 9.10. The Morgan fingerprint density at radius 3 is 2.41 bits per heavy atom. The van der Waals surface area contributed by atoms with Crippen molar-refractivity contribution in [3.05, 3.63) is 34.1 Å². The normalized spacial score (nSPS) is 10.9. The summed E-state index contributed by atoms with van der Waals surface area (Å²) in [7, 11) is 0. The number of amides is 2. The molecule has 1 aromatic carbocycles. The molecule has 2 rings (SSSR count). The van der Waals surface area contributed by atoms with E-state index in [2.05, 4.69) is 26.6 Å². The molecular weight excluding hydrogens is 464 g/mol. The van der Waals surface area contributed by atoms with Gasteiger partial charge in [0.25, 0.3) is 0 Å². The lowest BCUT2D eigenvalue weighted by Crippen LogP contribution is -2.37. The summed E-state index contributed by atoms with van der Waals surface area (Å²) in [4.78, 5) is 35.0. The maximum Gasteiger partial charge on any atom is 0.408 e. The monoisotopic (exact) mass is 484 g/mol. The Balaban J connectivity index is 1.93. The van der Waals surface area contributed by atoms with Crippen molar-refractivity contribution in [2.45, 2.75) is 26.4 Å². The number of anilines is 1. The van der Waals surface area contributed by atoms with Crippen molar-refractivity contribution in [3.8, 4) is 16.2 Å². The number of carbonyl (C=O) groups is 3. The summed E-state index contributed by atoms with van der Waals surface area (Å²) in [6.07, 6.45) is -0.661. The quantitative estimate of drug-likeness (QED) is 0.544. The second-order valence-corrected chi connectivity index (χ2v) is 8.58. The highest BCUT2D eigenvalue weighted by Gasteiger charge is 2.17. The van der Waals surface area contributed by atoms with E-state index >= 15 is 0 Å². The first-order valence-electron chi connectivity index (χ1n) is 8.54. The van der Waals surface area contributed by atoms with Gasteiger partial charge < -0.3 is 25.2 Å². The molecule has 0 fully saturated rings. The number of benzene rings is 1. The molecule has 10 heteroatoms. The van der Waals surface area contributed by atoms with Gasteiger partial charge in [-0.2, -0.15) is 0 Å². The summed E-state index contributed by atoms with van der Waals surface area (Å²) in [5, 5.41) is 15.5. The second kappa shape index (κ2) is 9.75. The van der Waals surface area contributed by atoms with Crippen molar-refractivity contribution in [1.29, 1.82) is 0 Å². The van der Waals surface area contributed by atoms with Gasteiger partial charge in [0.15, 0.2) is 6.61 Å². The minimum Gasteiger partial charge on any atom is -0.480 e. The number of carboxylic acids is 1. The lowest BCUT2D eigenvalue weighted by atomic mass is 10.1. The van der Waals surface area contributed by atoms with Crippen LogP contribution in [0.2, 0.25) is 0 Å². The fourth-order valence-electron chi connectivity index (χ4n) is 2.14. The molecule has 0 saturated carbocycles. The molecule has 1 heterocycles. The molecule has 0 atom stereocenters. The molecule has 2 amide bonds. The topological polar surface area (TPSA) is 114 Å². The molecule has 1 aromatic heterocycles. The van der Waals surface area contributed by atoms with Gasteiger partial charge >= 0.3 is 12.1 Å². The number of aliphatic carboxylic acids is 1. The van der Waals surface area contributed by atoms with Crippen LogP contribution in [0.1, 0.15) is 20.8 Å². The molecule has 0 saturated heterocycles. The smallest absolute Gasteiger partial charge is 0.408 e. The van der Waals surface area contributed by atoms with Crippen LogP contribution in [0, 0.1) is 0 Å². The third-order valence-corrected chi connectivity index (χ3v) is 5.33. The maximum absolute atomic E-state index is 12.0. The number of carbonyl (C=O) groups excluding carboxylic acids is 2. The van der Waals surface area contributed by atoms with Gasteiger partial charge in [-0.3, -0.25) is 4.79 Å². The van der Waals surface area contributed by atoms with Crippen LogP contribution < -0.4 is 15.4 Å². The average molecular weight is 485 g/mol. The number of ether oxygens (including phenoxy) is 2. The fraction of sp³-hybridized carbons (Fsp3) is 0.316. The van der Waals surface area contributed by atoms with Gasteiger partial charge in [-0.05, 0) is 54.4 Å². The summed E-state index contributed by atoms with van der Waals surface area (Å²) in [6.45, 7) is 4.58. The van der Waals surface area contributed by atoms with Crippen molar-refractivity contribution in [2.24, 2.45) is 0 Å². The van der Waals surface area contributed by atoms with E-state index in [1.54, 1.807) is 38.3 Å². The van der Waals surface area contributed by atoms with Crippen LogP contribution in [-0.4, -0.2) is 41.8 Å². The molecule has 0 spiro atoms. The molecule has 0 radical (unpaired) electrons. The molecule has 0 aliphatic heterocycles. The molecule has 0 aliphatic rings. The minimum atomic E-state index is -1.05. The van der Waals surface area contributed by atoms with Gasteiger partial charge in [0, 0.05) is 11.1 Å². The van der Waals surface area contributed by atoms with Crippen molar-refractivity contribution in [1.82, 2.24) is 5.32 Å². The maximum atomic E-state index is 12.0. The van der Waals surface area contributed by atoms with Crippen LogP contribution in [0.5, 0.6) is 5.75 Å². The number of thiophene rings is 1. The molecule has 0 bridgehead atoms. The number of hydrogen-bond donors (Lipinski definition) is 3. The van der Waals surface area contributed by atoms with Crippen molar-refractivity contribution in [3.63, 3.8) is 0 Å². The molecule has 3 N–H and O–H groups in total. The van der Waals surface area contributed by atoms with Crippen molar-refractivity contribution in [2.75, 3.05) is 18.5 Å². The Morgan fingerprint density at radius 2 is 1.83 bits per heavy atom. The van der Waals surface area contributed by atoms with Gasteiger partial charge in [0.1, 0.15) is 17.9 Å². The molecule has 156 valence electrons. The van der Waals surface area contributed by atoms with Gasteiger partial charge in [-0.15, -0.1) is 11.3 Å². The third-order valence-electron chi connectivity index (χ3n) is 3.27. The zero-order chi connectivity index (χ0) is 21.6. The molecule has 0 unspecified atom stereocenters. The Hall–Kier alpha value is -2.59. The molecule has 29 heavy (non-hydrogen) atoms. The second-order valence-electron chi connectivity index (χ2n) is 6.91. The van der Waals surface area contributed by atoms with Crippen molar-refractivity contribution >= 4 is 50.9 Å². The van der Waals surface area contributed by atoms with Crippen LogP contribution >= 0.6 is 27.3 Å². The van der Waals surface area contributed by atoms with Gasteiger partial charge in [0.2, 0.25) is 5.91 Å². The van der Waals surface area contributed by atoms with E-state index in [-0.39, 0.29) is 12.5 Å². The zero-order valence-corrected chi connectivity index (χ0v) is 18.5. The SMILES string of the molecule is CC(C)(C)OC(=O)NCC(=O)Nc1ccc(-c2scc(OCC(=O)O)c2Br)cc1. The van der Waals surface area contributed by atoms with Crippen molar-refractivity contribution < 1.29 is 29.0 Å². The largest absolute Gasteiger partial charge is 0.480 e. The Kier molecular flexibility index (Phi) is 7.63. The van der Waals surface area contributed by atoms with Crippen LogP contribution in [0.4, 0.5) is 10.5 Å². The molecule has 8 nitrogen and oxygen atoms in total. The Labute approximate surface area is 180 Å². The van der Waals surface area contributed by atoms with E-state index in [0.717, 1.165) is 10.4 Å². The Morgan fingerprint density at radius 1 is 1.17 bits per heavy atom. The number of hydrogen-bond acceptors (Lipinski definition) is 6. The predicted molar refractivity (Wildman–Crippen MR) is 113 cm³/mol. The number of rotatable bonds is 7. The standard InChI is InChI=1S/C19H21BrN2O6S/c1-19(2,3)28-18(26)21-8-14(23)22-12-6-4-11(5-7-12)17-16(20)13(10-29-17)27-9-15(24)25/h4-7,10H,8-9H2,1-3H3,(H,21,26)(H,22,23)(H,24,25). The number of halogens is 1. The summed E-state index contributed by atoms with van der Waals surface area (Å²) >= 11 is 4.83. The van der Waals surface area contributed by atoms with Crippen LogP contribution in [0.3, 0.4) is 0 Å². The lowest BCUT2D eigenvalue weighted by Gasteiger charge is -2.19. The molecular formula is C19H21BrN2O6S. The highest BCUT2D eigenvalue weighted by atomic mass is 79.9. The predicted octanol–water partition coefficient (Wildman–Crippen LogP) is 4.10. The van der Waals surface area contributed by atoms with Crippen LogP contribution in [0.15, 0.2) is 34.1 Å². The minimum absolute atomic E-state index is 0.211. The van der Waals surface area contributed by atoms with Crippen LogP contribution in [-0.2, 0) is 14.3 Å². The van der Waals surface area contributed by atoms with Gasteiger partial charge in [-0.1, -0.05) is 12.1 Å². The first-order chi connectivity index (χ1) is 13.5. The number of alkyl carbamates (subject to hydrolysis) is 1. The summed E-state index contributed by atoms with van der Waals surface area (Å²) < 4.78 is 11.0. The zero-order valence-electron chi connectivity index (χ0n) is 16.1. The van der Waals surface area contributed by atoms with E-state index < -0.39 is 24.3 Å². The lowest BCUT2D eigenvalue weighted by molar-refractivity contribution is -0.139. The molecule has 0 aliphatic carbocycles. The third kappa shape index (κ3) is 7.39. The van der Waals surface area contributed by atoms with Gasteiger partial charge in [-0.25, -0.2) is 9.59 Å². The van der Waals surface area contributed by atoms with E-state index in [0.29, 0.717) is 15.9 Å². The van der Waals surface area contributed by atoms with E-state index in [1.807, 2.05) is 12.1 Å². The van der Waals surface area contributed by atoms with Crippen LogP contribution in [0.25, 0.3) is 10.4 Å². The Bertz CT molecular complexity index is 889. The van der Waals surface area contributed by atoms with E-state index in [4.69, 9.17) is 14.6 Å².